The number of ether oxygens (including phenoxy) is 1. The first-order valence-corrected chi connectivity index (χ1v) is 8.65. The van der Waals surface area contributed by atoms with Crippen molar-refractivity contribution in [3.05, 3.63) is 58.7 Å². The second kappa shape index (κ2) is 7.03. The Balaban J connectivity index is 1.61. The Morgan fingerprint density at radius 3 is 2.56 bits per heavy atom. The van der Waals surface area contributed by atoms with Gasteiger partial charge in [0, 0.05) is 0 Å². The minimum absolute atomic E-state index is 0.346. The molecule has 0 aliphatic carbocycles. The first kappa shape index (κ1) is 17.1. The molecule has 5 nitrogen and oxygen atoms in total. The molecule has 0 bridgehead atoms. The van der Waals surface area contributed by atoms with Crippen LogP contribution in [0.5, 0.6) is 0 Å². The van der Waals surface area contributed by atoms with E-state index in [1.807, 2.05) is 51.1 Å². The molecule has 0 radical (unpaired) electrons. The number of rotatable bonds is 4. The van der Waals surface area contributed by atoms with Crippen LogP contribution in [0.15, 0.2) is 36.4 Å². The van der Waals surface area contributed by atoms with E-state index in [4.69, 9.17) is 4.74 Å². The first-order chi connectivity index (χ1) is 11.9. The number of thiazole rings is 1. The van der Waals surface area contributed by atoms with Crippen molar-refractivity contribution in [2.45, 2.75) is 20.8 Å². The van der Waals surface area contributed by atoms with Crippen LogP contribution >= 0.6 is 11.3 Å². The summed E-state index contributed by atoms with van der Waals surface area (Å²) in [5.74, 6) is -0.915. The Kier molecular flexibility index (Phi) is 4.81. The number of aromatic nitrogens is 1. The lowest BCUT2D eigenvalue weighted by atomic mass is 10.1. The van der Waals surface area contributed by atoms with Crippen LogP contribution in [0.4, 0.5) is 5.13 Å². The molecule has 0 spiro atoms. The molecule has 6 heteroatoms. The second-order valence-corrected chi connectivity index (χ2v) is 6.96. The van der Waals surface area contributed by atoms with Crippen molar-refractivity contribution in [2.75, 3.05) is 11.9 Å². The van der Waals surface area contributed by atoms with E-state index in [2.05, 4.69) is 10.3 Å². The normalized spacial score (nSPS) is 10.7. The predicted octanol–water partition coefficient (Wildman–Crippen LogP) is 4.02. The van der Waals surface area contributed by atoms with Gasteiger partial charge in [-0.2, -0.15) is 0 Å². The molecule has 0 saturated heterocycles. The monoisotopic (exact) mass is 354 g/mol. The van der Waals surface area contributed by atoms with Crippen LogP contribution in [-0.4, -0.2) is 23.5 Å². The summed E-state index contributed by atoms with van der Waals surface area (Å²) in [6, 6.07) is 11.4. The largest absolute Gasteiger partial charge is 0.452 e. The van der Waals surface area contributed by atoms with Gasteiger partial charge in [0.2, 0.25) is 0 Å². The van der Waals surface area contributed by atoms with Gasteiger partial charge in [-0.25, -0.2) is 9.78 Å². The fraction of sp³-hybridized carbons (Fsp3) is 0.211. The Bertz CT molecular complexity index is 962. The van der Waals surface area contributed by atoms with Crippen molar-refractivity contribution in [3.63, 3.8) is 0 Å². The van der Waals surface area contributed by atoms with Crippen molar-refractivity contribution in [2.24, 2.45) is 0 Å². The third kappa shape index (κ3) is 4.03. The third-order valence-corrected chi connectivity index (χ3v) is 4.66. The molecule has 25 heavy (non-hydrogen) atoms. The molecule has 0 aliphatic rings. The molecule has 0 fully saturated rings. The number of anilines is 1. The summed E-state index contributed by atoms with van der Waals surface area (Å²) >= 11 is 1.39. The molecule has 3 rings (SSSR count). The maximum Gasteiger partial charge on any atom is 0.338 e. The molecule has 0 unspecified atom stereocenters. The fourth-order valence-electron chi connectivity index (χ4n) is 2.49. The van der Waals surface area contributed by atoms with Crippen LogP contribution in [0.2, 0.25) is 0 Å². The van der Waals surface area contributed by atoms with Crippen LogP contribution in [0.1, 0.15) is 27.0 Å². The highest BCUT2D eigenvalue weighted by Crippen LogP contribution is 2.26. The van der Waals surface area contributed by atoms with E-state index >= 15 is 0 Å². The third-order valence-electron chi connectivity index (χ3n) is 3.73. The average Bonchev–Trinajstić information content (AvgIpc) is 2.93. The molecule has 0 atom stereocenters. The van der Waals surface area contributed by atoms with Gasteiger partial charge in [0.1, 0.15) is 0 Å². The van der Waals surface area contributed by atoms with E-state index < -0.39 is 11.9 Å². The number of aryl methyl sites for hydroxylation is 3. The van der Waals surface area contributed by atoms with E-state index in [-0.39, 0.29) is 6.61 Å². The van der Waals surface area contributed by atoms with Gasteiger partial charge in [-0.05, 0) is 50.1 Å². The van der Waals surface area contributed by atoms with Gasteiger partial charge in [0.15, 0.2) is 11.7 Å². The molecule has 128 valence electrons. The zero-order valence-electron chi connectivity index (χ0n) is 14.3. The van der Waals surface area contributed by atoms with E-state index in [0.717, 1.165) is 26.9 Å². The first-order valence-electron chi connectivity index (χ1n) is 7.84. The zero-order valence-corrected chi connectivity index (χ0v) is 15.1. The molecule has 3 aromatic rings. The Hall–Kier alpha value is -2.73. The van der Waals surface area contributed by atoms with Gasteiger partial charge < -0.3 is 4.74 Å². The number of fused-ring (bicyclic) bond motifs is 1. The summed E-state index contributed by atoms with van der Waals surface area (Å²) in [5.41, 5.74) is 4.33. The Morgan fingerprint density at radius 2 is 1.80 bits per heavy atom. The summed E-state index contributed by atoms with van der Waals surface area (Å²) in [7, 11) is 0. The minimum Gasteiger partial charge on any atom is -0.452 e. The van der Waals surface area contributed by atoms with Crippen LogP contribution in [0, 0.1) is 20.8 Å². The SMILES string of the molecule is Cc1ccc(C(=O)OCC(=O)Nc2nc3ccc(C)cc3s2)c(C)c1. The topological polar surface area (TPSA) is 68.3 Å². The molecule has 2 aromatic carbocycles. The van der Waals surface area contributed by atoms with Gasteiger partial charge in [-0.1, -0.05) is 35.1 Å². The molecule has 1 amide bonds. The minimum atomic E-state index is -0.507. The van der Waals surface area contributed by atoms with E-state index in [1.165, 1.54) is 11.3 Å². The van der Waals surface area contributed by atoms with E-state index in [1.54, 1.807) is 6.07 Å². The Morgan fingerprint density at radius 1 is 1.08 bits per heavy atom. The van der Waals surface area contributed by atoms with Crippen molar-refractivity contribution >= 4 is 38.6 Å². The standard InChI is InChI=1S/C19H18N2O3S/c1-11-4-6-14(13(3)8-11)18(23)24-10-17(22)21-19-20-15-7-5-12(2)9-16(15)25-19/h4-9H,10H2,1-3H3,(H,20,21,22). The smallest absolute Gasteiger partial charge is 0.338 e. The molecule has 1 N–H and O–H groups in total. The lowest BCUT2D eigenvalue weighted by Crippen LogP contribution is -2.21. The van der Waals surface area contributed by atoms with Gasteiger partial charge in [0.05, 0.1) is 15.8 Å². The highest BCUT2D eigenvalue weighted by Gasteiger charge is 2.14. The predicted molar refractivity (Wildman–Crippen MR) is 99.2 cm³/mol. The number of carbonyl (C=O) groups is 2. The van der Waals surface area contributed by atoms with Gasteiger partial charge in [-0.15, -0.1) is 0 Å². The lowest BCUT2D eigenvalue weighted by molar-refractivity contribution is -0.119. The summed E-state index contributed by atoms with van der Waals surface area (Å²) in [6.45, 7) is 5.45. The van der Waals surface area contributed by atoms with Crippen molar-refractivity contribution in [1.82, 2.24) is 4.98 Å². The van der Waals surface area contributed by atoms with E-state index in [9.17, 15) is 9.59 Å². The van der Waals surface area contributed by atoms with Crippen LogP contribution in [0.25, 0.3) is 10.2 Å². The number of nitrogens with one attached hydrogen (secondary N) is 1. The van der Waals surface area contributed by atoms with Gasteiger partial charge in [0.25, 0.3) is 5.91 Å². The summed E-state index contributed by atoms with van der Waals surface area (Å²) in [6.07, 6.45) is 0. The summed E-state index contributed by atoms with van der Waals surface area (Å²) in [4.78, 5) is 28.5. The lowest BCUT2D eigenvalue weighted by Gasteiger charge is -2.07. The quantitative estimate of drug-likeness (QED) is 0.719. The number of hydrogen-bond donors (Lipinski definition) is 1. The van der Waals surface area contributed by atoms with E-state index in [0.29, 0.717) is 10.7 Å². The highest BCUT2D eigenvalue weighted by atomic mass is 32.1. The number of hydrogen-bond acceptors (Lipinski definition) is 5. The van der Waals surface area contributed by atoms with Crippen molar-refractivity contribution in [3.8, 4) is 0 Å². The summed E-state index contributed by atoms with van der Waals surface area (Å²) in [5, 5.41) is 3.17. The van der Waals surface area contributed by atoms with Gasteiger partial charge >= 0.3 is 5.97 Å². The Labute approximate surface area is 149 Å². The molecule has 1 aromatic heterocycles. The molecule has 0 aliphatic heterocycles. The highest BCUT2D eigenvalue weighted by molar-refractivity contribution is 7.22. The average molecular weight is 354 g/mol. The number of benzene rings is 2. The summed E-state index contributed by atoms with van der Waals surface area (Å²) < 4.78 is 6.10. The van der Waals surface area contributed by atoms with Crippen molar-refractivity contribution < 1.29 is 14.3 Å². The number of amides is 1. The van der Waals surface area contributed by atoms with Crippen LogP contribution in [0.3, 0.4) is 0 Å². The maximum atomic E-state index is 12.1. The zero-order chi connectivity index (χ0) is 18.0. The van der Waals surface area contributed by atoms with Crippen LogP contribution in [-0.2, 0) is 9.53 Å². The molecule has 0 saturated carbocycles. The molecular weight excluding hydrogens is 336 g/mol. The number of nitrogens with zero attached hydrogens (tertiary/aromatic N) is 1. The number of carbonyl (C=O) groups excluding carboxylic acids is 2. The molecule has 1 heterocycles. The van der Waals surface area contributed by atoms with Gasteiger partial charge in [-0.3, -0.25) is 10.1 Å². The van der Waals surface area contributed by atoms with Crippen LogP contribution < -0.4 is 5.32 Å². The maximum absolute atomic E-state index is 12.1. The molecular formula is C19H18N2O3S. The fourth-order valence-corrected chi connectivity index (χ4v) is 3.47. The number of esters is 1. The second-order valence-electron chi connectivity index (χ2n) is 5.93. The van der Waals surface area contributed by atoms with Crippen molar-refractivity contribution in [1.29, 1.82) is 0 Å².